The van der Waals surface area contributed by atoms with Crippen LogP contribution >= 0.6 is 0 Å². The minimum Gasteiger partial charge on any atom is -0.334 e. The molecule has 0 atom stereocenters. The van der Waals surface area contributed by atoms with Crippen molar-refractivity contribution in [1.82, 2.24) is 14.5 Å². The van der Waals surface area contributed by atoms with E-state index < -0.39 is 5.69 Å². The summed E-state index contributed by atoms with van der Waals surface area (Å²) < 4.78 is 1.25. The van der Waals surface area contributed by atoms with Crippen LogP contribution in [0.25, 0.3) is 10.9 Å². The molecule has 1 amide bonds. The van der Waals surface area contributed by atoms with Crippen LogP contribution in [-0.2, 0) is 19.5 Å². The molecule has 29 heavy (non-hydrogen) atoms. The molecule has 0 bridgehead atoms. The number of fused-ring (bicyclic) bond motifs is 2. The van der Waals surface area contributed by atoms with Gasteiger partial charge in [0, 0.05) is 25.2 Å². The summed E-state index contributed by atoms with van der Waals surface area (Å²) >= 11 is 0. The lowest BCUT2D eigenvalue weighted by molar-refractivity contribution is 0.0735. The molecule has 6 nitrogen and oxygen atoms in total. The van der Waals surface area contributed by atoms with Crippen LogP contribution < -0.4 is 11.2 Å². The molecular formula is C23H25N3O3. The molecule has 0 unspecified atom stereocenters. The predicted octanol–water partition coefficient (Wildman–Crippen LogP) is 3.08. The molecule has 1 aromatic heterocycles. The minimum absolute atomic E-state index is 0.0885. The molecule has 2 aromatic carbocycles. The van der Waals surface area contributed by atoms with Crippen molar-refractivity contribution in [3.63, 3.8) is 0 Å². The van der Waals surface area contributed by atoms with Gasteiger partial charge in [-0.15, -0.1) is 0 Å². The molecule has 0 fully saturated rings. The molecule has 0 saturated heterocycles. The maximum atomic E-state index is 13.0. The number of nitrogens with one attached hydrogen (secondary N) is 1. The maximum Gasteiger partial charge on any atom is 0.328 e. The first-order chi connectivity index (χ1) is 14.1. The van der Waals surface area contributed by atoms with Crippen molar-refractivity contribution in [1.29, 1.82) is 0 Å². The van der Waals surface area contributed by atoms with Crippen LogP contribution in [0.1, 0.15) is 47.7 Å². The van der Waals surface area contributed by atoms with E-state index in [1.54, 1.807) is 18.2 Å². The van der Waals surface area contributed by atoms with Gasteiger partial charge in [0.05, 0.1) is 10.9 Å². The molecule has 0 spiro atoms. The van der Waals surface area contributed by atoms with Gasteiger partial charge in [-0.2, -0.15) is 0 Å². The highest BCUT2D eigenvalue weighted by Crippen LogP contribution is 2.21. The van der Waals surface area contributed by atoms with Crippen molar-refractivity contribution in [2.24, 2.45) is 0 Å². The first-order valence-corrected chi connectivity index (χ1v) is 10.2. The molecule has 6 heteroatoms. The standard InChI is InChI=1S/C23H25N3O3/c1-2-3-6-12-26-22(28)19-10-9-17(14-20(19)24-23(26)29)21(27)25-13-11-16-7-4-5-8-18(16)15-25/h4-5,7-10,14H,2-3,6,11-13,15H2,1H3,(H,24,29). The van der Waals surface area contributed by atoms with Crippen molar-refractivity contribution >= 4 is 16.8 Å². The zero-order valence-electron chi connectivity index (χ0n) is 16.6. The molecule has 2 heterocycles. The quantitative estimate of drug-likeness (QED) is 0.679. The van der Waals surface area contributed by atoms with Crippen molar-refractivity contribution < 1.29 is 4.79 Å². The number of carbonyl (C=O) groups excluding carboxylic acids is 1. The van der Waals surface area contributed by atoms with Gasteiger partial charge in [-0.25, -0.2) is 4.79 Å². The number of unbranched alkanes of at least 4 members (excludes halogenated alkanes) is 2. The smallest absolute Gasteiger partial charge is 0.328 e. The van der Waals surface area contributed by atoms with Gasteiger partial charge in [-0.3, -0.25) is 14.2 Å². The van der Waals surface area contributed by atoms with Gasteiger partial charge in [0.1, 0.15) is 0 Å². The number of H-pyrrole nitrogens is 1. The number of amides is 1. The molecule has 4 rings (SSSR count). The minimum atomic E-state index is -0.421. The summed E-state index contributed by atoms with van der Waals surface area (Å²) in [5, 5.41) is 0.432. The monoisotopic (exact) mass is 391 g/mol. The van der Waals surface area contributed by atoms with Crippen LogP contribution in [0, 0.1) is 0 Å². The summed E-state index contributed by atoms with van der Waals surface area (Å²) in [6.45, 7) is 3.71. The number of benzene rings is 2. The first kappa shape index (κ1) is 19.2. The largest absolute Gasteiger partial charge is 0.334 e. The average Bonchev–Trinajstić information content (AvgIpc) is 2.74. The van der Waals surface area contributed by atoms with E-state index in [1.165, 1.54) is 10.1 Å². The lowest BCUT2D eigenvalue weighted by atomic mass is 9.99. The van der Waals surface area contributed by atoms with Crippen molar-refractivity contribution in [2.45, 2.75) is 45.7 Å². The highest BCUT2D eigenvalue weighted by molar-refractivity contribution is 5.97. The summed E-state index contributed by atoms with van der Waals surface area (Å²) in [4.78, 5) is 42.7. The van der Waals surface area contributed by atoms with Gasteiger partial charge in [-0.1, -0.05) is 44.0 Å². The van der Waals surface area contributed by atoms with E-state index in [2.05, 4.69) is 18.0 Å². The van der Waals surface area contributed by atoms with Crippen molar-refractivity contribution in [2.75, 3.05) is 6.54 Å². The fraction of sp³-hybridized carbons (Fsp3) is 0.348. The topological polar surface area (TPSA) is 75.2 Å². The second-order valence-electron chi connectivity index (χ2n) is 7.60. The average molecular weight is 391 g/mol. The number of nitrogens with zero attached hydrogens (tertiary/aromatic N) is 2. The summed E-state index contributed by atoms with van der Waals surface area (Å²) in [5.74, 6) is -0.0885. The summed E-state index contributed by atoms with van der Waals surface area (Å²) in [5.41, 5.74) is 2.62. The van der Waals surface area contributed by atoms with Crippen LogP contribution in [0.5, 0.6) is 0 Å². The van der Waals surface area contributed by atoms with Gasteiger partial charge in [0.2, 0.25) is 0 Å². The van der Waals surface area contributed by atoms with E-state index in [9.17, 15) is 14.4 Å². The van der Waals surface area contributed by atoms with Crippen LogP contribution in [0.2, 0.25) is 0 Å². The predicted molar refractivity (Wildman–Crippen MR) is 113 cm³/mol. The Labute approximate surface area is 168 Å². The van der Waals surface area contributed by atoms with E-state index in [0.29, 0.717) is 36.1 Å². The first-order valence-electron chi connectivity index (χ1n) is 10.2. The van der Waals surface area contributed by atoms with Gasteiger partial charge in [0.25, 0.3) is 11.5 Å². The van der Waals surface area contributed by atoms with Gasteiger partial charge in [-0.05, 0) is 42.2 Å². The number of hydrogen-bond acceptors (Lipinski definition) is 3. The third-order valence-corrected chi connectivity index (χ3v) is 5.63. The lowest BCUT2D eigenvalue weighted by Crippen LogP contribution is -2.36. The Morgan fingerprint density at radius 3 is 2.66 bits per heavy atom. The van der Waals surface area contributed by atoms with Gasteiger partial charge < -0.3 is 9.88 Å². The molecular weight excluding hydrogens is 366 g/mol. The Bertz CT molecular complexity index is 1180. The lowest BCUT2D eigenvalue weighted by Gasteiger charge is -2.29. The van der Waals surface area contributed by atoms with E-state index in [1.807, 2.05) is 23.1 Å². The second-order valence-corrected chi connectivity index (χ2v) is 7.60. The number of hydrogen-bond donors (Lipinski definition) is 1. The maximum absolute atomic E-state index is 13.0. The molecule has 1 aliphatic rings. The van der Waals surface area contributed by atoms with E-state index in [0.717, 1.165) is 31.2 Å². The highest BCUT2D eigenvalue weighted by Gasteiger charge is 2.22. The third-order valence-electron chi connectivity index (χ3n) is 5.63. The van der Waals surface area contributed by atoms with Crippen molar-refractivity contribution in [3.8, 4) is 0 Å². The van der Waals surface area contributed by atoms with E-state index in [4.69, 9.17) is 0 Å². The molecule has 0 saturated carbocycles. The molecule has 150 valence electrons. The fourth-order valence-electron chi connectivity index (χ4n) is 3.96. The fourth-order valence-corrected chi connectivity index (χ4v) is 3.96. The molecule has 1 N–H and O–H groups in total. The number of rotatable bonds is 5. The normalized spacial score (nSPS) is 13.5. The second kappa shape index (κ2) is 8.07. The highest BCUT2D eigenvalue weighted by atomic mass is 16.2. The van der Waals surface area contributed by atoms with Crippen LogP contribution in [0.15, 0.2) is 52.1 Å². The summed E-state index contributed by atoms with van der Waals surface area (Å²) in [7, 11) is 0. The Kier molecular flexibility index (Phi) is 5.34. The van der Waals surface area contributed by atoms with Crippen LogP contribution in [0.3, 0.4) is 0 Å². The Balaban J connectivity index is 1.62. The van der Waals surface area contributed by atoms with Crippen LogP contribution in [0.4, 0.5) is 0 Å². The van der Waals surface area contributed by atoms with Gasteiger partial charge in [0.15, 0.2) is 0 Å². The molecule has 0 radical (unpaired) electrons. The Morgan fingerprint density at radius 2 is 1.86 bits per heavy atom. The summed E-state index contributed by atoms with van der Waals surface area (Å²) in [6, 6.07) is 13.1. The number of aromatic nitrogens is 2. The number of carbonyl (C=O) groups is 1. The molecule has 1 aliphatic heterocycles. The Morgan fingerprint density at radius 1 is 1.07 bits per heavy atom. The van der Waals surface area contributed by atoms with Crippen molar-refractivity contribution in [3.05, 3.63) is 80.0 Å². The third kappa shape index (κ3) is 3.75. The molecule has 3 aromatic rings. The molecule has 0 aliphatic carbocycles. The van der Waals surface area contributed by atoms with Crippen LogP contribution in [-0.4, -0.2) is 26.9 Å². The van der Waals surface area contributed by atoms with E-state index in [-0.39, 0.29) is 11.5 Å². The van der Waals surface area contributed by atoms with E-state index >= 15 is 0 Å². The summed E-state index contributed by atoms with van der Waals surface area (Å²) in [6.07, 6.45) is 3.61. The Hall–Kier alpha value is -3.15. The zero-order chi connectivity index (χ0) is 20.4. The number of aromatic amines is 1. The van der Waals surface area contributed by atoms with Gasteiger partial charge >= 0.3 is 5.69 Å². The SMILES string of the molecule is CCCCCn1c(=O)[nH]c2cc(C(=O)N3CCc4ccccc4C3)ccc2c1=O. The zero-order valence-corrected chi connectivity index (χ0v) is 16.6.